The molecular formula is C13H20ClNO. The van der Waals surface area contributed by atoms with Gasteiger partial charge in [0.1, 0.15) is 0 Å². The summed E-state index contributed by atoms with van der Waals surface area (Å²) in [7, 11) is 1.71. The van der Waals surface area contributed by atoms with Crippen LogP contribution >= 0.6 is 11.6 Å². The van der Waals surface area contributed by atoms with Crippen LogP contribution in [0.5, 0.6) is 0 Å². The van der Waals surface area contributed by atoms with Crippen LogP contribution in [0.3, 0.4) is 0 Å². The summed E-state index contributed by atoms with van der Waals surface area (Å²) >= 11 is 5.99. The van der Waals surface area contributed by atoms with E-state index < -0.39 is 0 Å². The Morgan fingerprint density at radius 2 is 2.12 bits per heavy atom. The molecule has 0 radical (unpaired) electrons. The number of methoxy groups -OCH3 is 1. The van der Waals surface area contributed by atoms with Gasteiger partial charge >= 0.3 is 0 Å². The lowest BCUT2D eigenvalue weighted by molar-refractivity contribution is 0.197. The van der Waals surface area contributed by atoms with Crippen molar-refractivity contribution >= 4 is 11.6 Å². The van der Waals surface area contributed by atoms with Gasteiger partial charge in [0.15, 0.2) is 0 Å². The van der Waals surface area contributed by atoms with Gasteiger partial charge in [-0.3, -0.25) is 0 Å². The maximum atomic E-state index is 5.99. The lowest BCUT2D eigenvalue weighted by Gasteiger charge is -2.26. The maximum Gasteiger partial charge on any atom is 0.0587 e. The summed E-state index contributed by atoms with van der Waals surface area (Å²) in [4.78, 5) is 0. The standard InChI is InChI=1S/C13H20ClNO/c1-13(2,10-15-7-8-16-3)11-5-4-6-12(14)9-11/h4-6,9,15H,7-8,10H2,1-3H3. The van der Waals surface area contributed by atoms with Crippen LogP contribution in [0, 0.1) is 0 Å². The molecule has 3 heteroatoms. The Bertz CT molecular complexity index is 325. The van der Waals surface area contributed by atoms with Crippen LogP contribution in [0.25, 0.3) is 0 Å². The van der Waals surface area contributed by atoms with Crippen molar-refractivity contribution in [1.82, 2.24) is 5.32 Å². The summed E-state index contributed by atoms with van der Waals surface area (Å²) in [6.07, 6.45) is 0. The van der Waals surface area contributed by atoms with Gasteiger partial charge in [0, 0.05) is 30.6 Å². The van der Waals surface area contributed by atoms with Gasteiger partial charge in [0.25, 0.3) is 0 Å². The minimum Gasteiger partial charge on any atom is -0.383 e. The van der Waals surface area contributed by atoms with Crippen molar-refractivity contribution in [2.75, 3.05) is 26.8 Å². The third-order valence-electron chi connectivity index (χ3n) is 2.66. The van der Waals surface area contributed by atoms with Gasteiger partial charge in [-0.2, -0.15) is 0 Å². The first kappa shape index (κ1) is 13.5. The van der Waals surface area contributed by atoms with Gasteiger partial charge in [0.2, 0.25) is 0 Å². The summed E-state index contributed by atoms with van der Waals surface area (Å²) in [5, 5.41) is 4.17. The Labute approximate surface area is 103 Å². The van der Waals surface area contributed by atoms with Crippen molar-refractivity contribution in [3.05, 3.63) is 34.9 Å². The largest absolute Gasteiger partial charge is 0.383 e. The van der Waals surface area contributed by atoms with Crippen molar-refractivity contribution in [3.8, 4) is 0 Å². The molecule has 0 spiro atoms. The molecule has 2 nitrogen and oxygen atoms in total. The van der Waals surface area contributed by atoms with Gasteiger partial charge in [-0.1, -0.05) is 37.6 Å². The summed E-state index contributed by atoms with van der Waals surface area (Å²) in [5.74, 6) is 0. The van der Waals surface area contributed by atoms with Crippen molar-refractivity contribution in [2.24, 2.45) is 0 Å². The van der Waals surface area contributed by atoms with E-state index in [1.807, 2.05) is 18.2 Å². The third kappa shape index (κ3) is 4.12. The van der Waals surface area contributed by atoms with Crippen LogP contribution in [0.2, 0.25) is 5.02 Å². The third-order valence-corrected chi connectivity index (χ3v) is 2.89. The van der Waals surface area contributed by atoms with Crippen molar-refractivity contribution in [2.45, 2.75) is 19.3 Å². The number of halogens is 1. The molecule has 0 atom stereocenters. The van der Waals surface area contributed by atoms with Crippen LogP contribution in [0.1, 0.15) is 19.4 Å². The number of nitrogens with one attached hydrogen (secondary N) is 1. The molecule has 0 aliphatic heterocycles. The molecule has 90 valence electrons. The second-order valence-electron chi connectivity index (χ2n) is 4.56. The minimum absolute atomic E-state index is 0.0820. The van der Waals surface area contributed by atoms with Gasteiger partial charge < -0.3 is 10.1 Å². The molecule has 1 aromatic rings. The fourth-order valence-electron chi connectivity index (χ4n) is 1.59. The maximum absolute atomic E-state index is 5.99. The molecule has 0 aliphatic rings. The second kappa shape index (κ2) is 6.24. The van der Waals surface area contributed by atoms with Crippen LogP contribution in [-0.4, -0.2) is 26.8 Å². The SMILES string of the molecule is COCCNCC(C)(C)c1cccc(Cl)c1. The zero-order chi connectivity index (χ0) is 12.0. The predicted molar refractivity (Wildman–Crippen MR) is 69.2 cm³/mol. The molecule has 0 aromatic heterocycles. The van der Waals surface area contributed by atoms with Crippen molar-refractivity contribution in [3.63, 3.8) is 0 Å². The van der Waals surface area contributed by atoms with Crippen LogP contribution in [-0.2, 0) is 10.2 Å². The quantitative estimate of drug-likeness (QED) is 0.774. The summed E-state index contributed by atoms with van der Waals surface area (Å²) in [5.41, 5.74) is 1.34. The number of ether oxygens (including phenoxy) is 1. The Kier molecular flexibility index (Phi) is 5.26. The number of benzene rings is 1. The highest BCUT2D eigenvalue weighted by Crippen LogP contribution is 2.24. The lowest BCUT2D eigenvalue weighted by atomic mass is 9.84. The molecule has 0 aliphatic carbocycles. The van der Waals surface area contributed by atoms with E-state index in [0.717, 1.165) is 24.7 Å². The Morgan fingerprint density at radius 1 is 1.38 bits per heavy atom. The molecule has 0 fully saturated rings. The van der Waals surface area contributed by atoms with Gasteiger partial charge in [-0.15, -0.1) is 0 Å². The van der Waals surface area contributed by atoms with Crippen molar-refractivity contribution < 1.29 is 4.74 Å². The molecular weight excluding hydrogens is 222 g/mol. The number of hydrogen-bond acceptors (Lipinski definition) is 2. The average Bonchev–Trinajstić information content (AvgIpc) is 2.24. The smallest absolute Gasteiger partial charge is 0.0587 e. The second-order valence-corrected chi connectivity index (χ2v) is 5.00. The van der Waals surface area contributed by atoms with E-state index in [0.29, 0.717) is 0 Å². The summed E-state index contributed by atoms with van der Waals surface area (Å²) in [6.45, 7) is 6.94. The Balaban J connectivity index is 2.55. The molecule has 0 saturated carbocycles. The van der Waals surface area contributed by atoms with E-state index in [-0.39, 0.29) is 5.41 Å². The van der Waals surface area contributed by atoms with Crippen LogP contribution < -0.4 is 5.32 Å². The topological polar surface area (TPSA) is 21.3 Å². The summed E-state index contributed by atoms with van der Waals surface area (Å²) < 4.78 is 5.00. The van der Waals surface area contributed by atoms with Gasteiger partial charge in [-0.05, 0) is 17.7 Å². The van der Waals surface area contributed by atoms with E-state index in [1.165, 1.54) is 5.56 Å². The zero-order valence-electron chi connectivity index (χ0n) is 10.2. The molecule has 0 heterocycles. The normalized spacial score (nSPS) is 11.8. The first-order valence-corrected chi connectivity index (χ1v) is 5.90. The zero-order valence-corrected chi connectivity index (χ0v) is 11.0. The highest BCUT2D eigenvalue weighted by Gasteiger charge is 2.19. The van der Waals surface area contributed by atoms with E-state index in [4.69, 9.17) is 16.3 Å². The van der Waals surface area contributed by atoms with Crippen molar-refractivity contribution in [1.29, 1.82) is 0 Å². The van der Waals surface area contributed by atoms with Crippen LogP contribution in [0.15, 0.2) is 24.3 Å². The summed E-state index contributed by atoms with van der Waals surface area (Å²) in [6, 6.07) is 8.04. The van der Waals surface area contributed by atoms with E-state index in [2.05, 4.69) is 25.2 Å². The fraction of sp³-hybridized carbons (Fsp3) is 0.538. The Morgan fingerprint density at radius 3 is 2.75 bits per heavy atom. The first-order valence-electron chi connectivity index (χ1n) is 5.52. The molecule has 1 aromatic carbocycles. The monoisotopic (exact) mass is 241 g/mol. The van der Waals surface area contributed by atoms with Crippen LogP contribution in [0.4, 0.5) is 0 Å². The minimum atomic E-state index is 0.0820. The molecule has 0 bridgehead atoms. The predicted octanol–water partition coefficient (Wildman–Crippen LogP) is 2.85. The highest BCUT2D eigenvalue weighted by molar-refractivity contribution is 6.30. The molecule has 0 unspecified atom stereocenters. The molecule has 16 heavy (non-hydrogen) atoms. The molecule has 1 rings (SSSR count). The van der Waals surface area contributed by atoms with Gasteiger partial charge in [0.05, 0.1) is 6.61 Å². The number of hydrogen-bond donors (Lipinski definition) is 1. The molecule has 0 saturated heterocycles. The number of rotatable bonds is 6. The molecule has 1 N–H and O–H groups in total. The van der Waals surface area contributed by atoms with Gasteiger partial charge in [-0.25, -0.2) is 0 Å². The van der Waals surface area contributed by atoms with E-state index >= 15 is 0 Å². The Hall–Kier alpha value is -0.570. The molecule has 0 amide bonds. The highest BCUT2D eigenvalue weighted by atomic mass is 35.5. The first-order chi connectivity index (χ1) is 7.56. The van der Waals surface area contributed by atoms with E-state index in [1.54, 1.807) is 7.11 Å². The lowest BCUT2D eigenvalue weighted by Crippen LogP contribution is -2.34. The van der Waals surface area contributed by atoms with E-state index in [9.17, 15) is 0 Å². The average molecular weight is 242 g/mol. The fourth-order valence-corrected chi connectivity index (χ4v) is 1.78.